The number of primary amides is 1. The number of phenolic OH excluding ortho intramolecular Hbond substituents is 1. The fourth-order valence-corrected chi connectivity index (χ4v) is 5.01. The lowest BCUT2D eigenvalue weighted by atomic mass is 9.58. The number of oxime groups is 1. The van der Waals surface area contributed by atoms with Crippen LogP contribution in [0.4, 0.5) is 5.69 Å². The standard InChI is InChI=1S/C21H21N3O8/c1-24(2)10-3-4-11(25)13-8(10)5-7-6-9-15(23-32)17(27)14(20(22)30)19(29)21(9,31)18(28)12(7)16(13)26/h3-4,7,9,25-27,31-32H,5-6H2,1-2H3,(H2,22,30)/b23-15-/t7-,9-,21-/m0/s1. The van der Waals surface area contributed by atoms with Crippen LogP contribution in [-0.2, 0) is 20.8 Å². The quantitative estimate of drug-likeness (QED) is 0.157. The van der Waals surface area contributed by atoms with E-state index in [0.717, 1.165) is 0 Å². The molecule has 1 aromatic carbocycles. The number of amides is 1. The molecule has 3 aliphatic rings. The lowest BCUT2D eigenvalue weighted by Gasteiger charge is -2.45. The molecule has 0 aromatic heterocycles. The van der Waals surface area contributed by atoms with Crippen LogP contribution in [0, 0.1) is 11.8 Å². The summed E-state index contributed by atoms with van der Waals surface area (Å²) in [5.74, 6) is -8.20. The van der Waals surface area contributed by atoms with Crippen LogP contribution >= 0.6 is 0 Å². The van der Waals surface area contributed by atoms with Gasteiger partial charge in [0.05, 0.1) is 11.5 Å². The molecule has 168 valence electrons. The molecule has 7 N–H and O–H groups in total. The maximum atomic E-state index is 13.4. The molecule has 1 aromatic rings. The number of fused-ring (bicyclic) bond motifs is 3. The number of nitrogens with zero attached hydrogens (tertiary/aromatic N) is 2. The Kier molecular flexibility index (Phi) is 4.56. The van der Waals surface area contributed by atoms with Crippen LogP contribution < -0.4 is 10.6 Å². The molecule has 11 heteroatoms. The fourth-order valence-electron chi connectivity index (χ4n) is 5.01. The van der Waals surface area contributed by atoms with Crippen molar-refractivity contribution in [3.05, 3.63) is 40.2 Å². The number of allylic oxidation sites excluding steroid dienone is 1. The van der Waals surface area contributed by atoms with Gasteiger partial charge in [-0.2, -0.15) is 0 Å². The number of aliphatic hydroxyl groups is 3. The van der Waals surface area contributed by atoms with Crippen LogP contribution in [0.3, 0.4) is 0 Å². The van der Waals surface area contributed by atoms with Crippen molar-refractivity contribution in [2.75, 3.05) is 19.0 Å². The summed E-state index contributed by atoms with van der Waals surface area (Å²) in [6.07, 6.45) is -0.0279. The van der Waals surface area contributed by atoms with Crippen LogP contribution in [0.25, 0.3) is 5.76 Å². The Bertz CT molecular complexity index is 1200. The zero-order valence-electron chi connectivity index (χ0n) is 17.2. The Labute approximate surface area is 181 Å². The average Bonchev–Trinajstić information content (AvgIpc) is 2.70. The molecule has 0 unspecified atom stereocenters. The molecular formula is C21H21N3O8. The first-order valence-corrected chi connectivity index (χ1v) is 9.69. The highest BCUT2D eigenvalue weighted by atomic mass is 16.4. The molecule has 1 saturated carbocycles. The first-order valence-electron chi connectivity index (χ1n) is 9.69. The van der Waals surface area contributed by atoms with Crippen molar-refractivity contribution in [2.24, 2.45) is 22.7 Å². The van der Waals surface area contributed by atoms with Crippen molar-refractivity contribution in [1.29, 1.82) is 0 Å². The topological polar surface area (TPSA) is 194 Å². The van der Waals surface area contributed by atoms with Crippen molar-refractivity contribution in [1.82, 2.24) is 0 Å². The normalized spacial score (nSPS) is 28.4. The van der Waals surface area contributed by atoms with Crippen LogP contribution in [0.2, 0.25) is 0 Å². The van der Waals surface area contributed by atoms with Gasteiger partial charge < -0.3 is 36.3 Å². The molecule has 0 aliphatic heterocycles. The second-order valence-electron chi connectivity index (χ2n) is 8.30. The Morgan fingerprint density at radius 2 is 1.81 bits per heavy atom. The number of carbonyl (C=O) groups excluding carboxylic acids is 3. The van der Waals surface area contributed by atoms with Gasteiger partial charge in [-0.3, -0.25) is 14.4 Å². The number of benzene rings is 1. The smallest absolute Gasteiger partial charge is 0.256 e. The minimum Gasteiger partial charge on any atom is -0.507 e. The Hall–Kier alpha value is -3.86. The van der Waals surface area contributed by atoms with Crippen LogP contribution in [-0.4, -0.2) is 68.5 Å². The Balaban J connectivity index is 1.98. The molecule has 1 fully saturated rings. The number of nitrogens with two attached hydrogens (primary N) is 1. The van der Waals surface area contributed by atoms with E-state index in [0.29, 0.717) is 11.3 Å². The van der Waals surface area contributed by atoms with E-state index in [9.17, 15) is 40.0 Å². The maximum absolute atomic E-state index is 13.4. The number of carbonyl (C=O) groups is 3. The lowest BCUT2D eigenvalue weighted by molar-refractivity contribution is -0.153. The van der Waals surface area contributed by atoms with Crippen molar-refractivity contribution in [2.45, 2.75) is 18.4 Å². The number of aliphatic hydroxyl groups excluding tert-OH is 2. The van der Waals surface area contributed by atoms with Gasteiger partial charge in [0.1, 0.15) is 22.8 Å². The highest BCUT2D eigenvalue weighted by Crippen LogP contribution is 2.51. The third kappa shape index (κ3) is 2.51. The molecule has 0 spiro atoms. The first-order chi connectivity index (χ1) is 15.0. The van der Waals surface area contributed by atoms with Crippen molar-refractivity contribution < 1.29 is 40.0 Å². The predicted molar refractivity (Wildman–Crippen MR) is 110 cm³/mol. The number of hydrogen-bond donors (Lipinski definition) is 6. The van der Waals surface area contributed by atoms with E-state index < -0.39 is 57.7 Å². The summed E-state index contributed by atoms with van der Waals surface area (Å²) >= 11 is 0. The second kappa shape index (κ2) is 6.82. The van der Waals surface area contributed by atoms with Crippen molar-refractivity contribution in [3.63, 3.8) is 0 Å². The number of ketones is 2. The summed E-state index contributed by atoms with van der Waals surface area (Å²) < 4.78 is 0. The molecule has 32 heavy (non-hydrogen) atoms. The SMILES string of the molecule is CN(C)c1ccc(O)c2c1C[C@H]1C[C@H]3/C(=N/O)C(O)=C(C(N)=O)C(=O)[C@@]3(O)C(=O)C1=C2O. The van der Waals surface area contributed by atoms with E-state index in [-0.39, 0.29) is 29.7 Å². The predicted octanol–water partition coefficient (Wildman–Crippen LogP) is -0.0700. The Morgan fingerprint density at radius 1 is 1.16 bits per heavy atom. The minimum absolute atomic E-state index is 0.00525. The van der Waals surface area contributed by atoms with Crippen LogP contribution in [0.5, 0.6) is 5.75 Å². The van der Waals surface area contributed by atoms with Crippen molar-refractivity contribution in [3.8, 4) is 5.75 Å². The molecule has 1 amide bonds. The summed E-state index contributed by atoms with van der Waals surface area (Å²) in [5, 5.41) is 55.3. The number of anilines is 1. The van der Waals surface area contributed by atoms with E-state index >= 15 is 0 Å². The van der Waals surface area contributed by atoms with Gasteiger partial charge in [0, 0.05) is 25.4 Å². The largest absolute Gasteiger partial charge is 0.507 e. The van der Waals surface area contributed by atoms with Gasteiger partial charge in [0.25, 0.3) is 5.91 Å². The van der Waals surface area contributed by atoms with E-state index in [1.807, 2.05) is 0 Å². The molecular weight excluding hydrogens is 422 g/mol. The number of phenols is 1. The van der Waals surface area contributed by atoms with Crippen molar-refractivity contribution >= 4 is 34.6 Å². The highest BCUT2D eigenvalue weighted by molar-refractivity contribution is 6.38. The summed E-state index contributed by atoms with van der Waals surface area (Å²) in [6, 6.07) is 3.00. The van der Waals surface area contributed by atoms with E-state index in [1.165, 1.54) is 6.07 Å². The van der Waals surface area contributed by atoms with Gasteiger partial charge >= 0.3 is 0 Å². The van der Waals surface area contributed by atoms with Crippen LogP contribution in [0.15, 0.2) is 34.2 Å². The van der Waals surface area contributed by atoms with E-state index in [4.69, 9.17) is 5.73 Å². The molecule has 0 heterocycles. The molecule has 0 bridgehead atoms. The van der Waals surface area contributed by atoms with E-state index in [1.54, 1.807) is 25.1 Å². The Morgan fingerprint density at radius 3 is 2.38 bits per heavy atom. The number of hydrogen-bond acceptors (Lipinski definition) is 10. The third-order valence-electron chi connectivity index (χ3n) is 6.45. The van der Waals surface area contributed by atoms with Gasteiger partial charge in [-0.1, -0.05) is 5.16 Å². The first kappa shape index (κ1) is 21.4. The second-order valence-corrected chi connectivity index (χ2v) is 8.30. The molecule has 3 aliphatic carbocycles. The van der Waals surface area contributed by atoms with Gasteiger partial charge in [0.15, 0.2) is 11.4 Å². The molecule has 3 atom stereocenters. The maximum Gasteiger partial charge on any atom is 0.256 e. The summed E-state index contributed by atoms with van der Waals surface area (Å²) in [4.78, 5) is 39.9. The number of Topliss-reactive ketones (excluding diaryl/α,β-unsaturated/α-hetero) is 2. The van der Waals surface area contributed by atoms with Gasteiger partial charge in [-0.15, -0.1) is 0 Å². The molecule has 0 radical (unpaired) electrons. The summed E-state index contributed by atoms with van der Waals surface area (Å²) in [5.41, 5.74) is 1.45. The average molecular weight is 443 g/mol. The van der Waals surface area contributed by atoms with Gasteiger partial charge in [-0.05, 0) is 36.5 Å². The molecule has 11 nitrogen and oxygen atoms in total. The van der Waals surface area contributed by atoms with E-state index in [2.05, 4.69) is 5.16 Å². The van der Waals surface area contributed by atoms with Crippen LogP contribution in [0.1, 0.15) is 17.5 Å². The molecule has 0 saturated heterocycles. The van der Waals surface area contributed by atoms with Gasteiger partial charge in [-0.25, -0.2) is 0 Å². The lowest BCUT2D eigenvalue weighted by Crippen LogP contribution is -2.64. The number of rotatable bonds is 2. The zero-order chi connectivity index (χ0) is 23.7. The zero-order valence-corrected chi connectivity index (χ0v) is 17.2. The summed E-state index contributed by atoms with van der Waals surface area (Å²) in [7, 11) is 3.52. The number of aromatic hydroxyl groups is 1. The molecule has 4 rings (SSSR count). The summed E-state index contributed by atoms with van der Waals surface area (Å²) in [6.45, 7) is 0. The highest BCUT2D eigenvalue weighted by Gasteiger charge is 2.64. The van der Waals surface area contributed by atoms with Gasteiger partial charge in [0.2, 0.25) is 11.6 Å². The third-order valence-corrected chi connectivity index (χ3v) is 6.45. The fraction of sp³-hybridized carbons (Fsp3) is 0.333. The monoisotopic (exact) mass is 443 g/mol. The minimum atomic E-state index is -2.93.